The molecule has 168 valence electrons. The molecule has 32 heavy (non-hydrogen) atoms. The minimum absolute atomic E-state index is 0.369. The van der Waals surface area contributed by atoms with E-state index in [2.05, 4.69) is 11.9 Å². The molecule has 4 heteroatoms. The molecule has 1 heterocycles. The van der Waals surface area contributed by atoms with Gasteiger partial charge in [0.05, 0.1) is 24.1 Å². The third-order valence-electron chi connectivity index (χ3n) is 5.42. The number of aromatic nitrogens is 1. The van der Waals surface area contributed by atoms with Crippen molar-refractivity contribution in [1.29, 1.82) is 0 Å². The van der Waals surface area contributed by atoms with Gasteiger partial charge in [0, 0.05) is 5.56 Å². The predicted octanol–water partition coefficient (Wildman–Crippen LogP) is 7.27. The van der Waals surface area contributed by atoms with Crippen LogP contribution in [-0.2, 0) is 6.42 Å². The first kappa shape index (κ1) is 23.5. The molecule has 0 aliphatic rings. The Balaban J connectivity index is 1.49. The van der Waals surface area contributed by atoms with E-state index in [1.165, 1.54) is 44.1 Å². The van der Waals surface area contributed by atoms with E-state index >= 15 is 0 Å². The molecule has 0 bridgehead atoms. The van der Waals surface area contributed by atoms with Crippen molar-refractivity contribution in [1.82, 2.24) is 4.98 Å². The lowest BCUT2D eigenvalue weighted by atomic mass is 10.0. The molecule has 0 aliphatic carbocycles. The van der Waals surface area contributed by atoms with E-state index < -0.39 is 0 Å². The highest BCUT2D eigenvalue weighted by atomic mass is 16.5. The van der Waals surface area contributed by atoms with Gasteiger partial charge in [0.15, 0.2) is 0 Å². The normalized spacial score (nSPS) is 10.7. The van der Waals surface area contributed by atoms with Crippen LogP contribution in [0.2, 0.25) is 0 Å². The Bertz CT molecular complexity index is 947. The van der Waals surface area contributed by atoms with Crippen LogP contribution in [0.5, 0.6) is 11.5 Å². The average molecular weight is 432 g/mol. The van der Waals surface area contributed by atoms with Crippen molar-refractivity contribution in [2.45, 2.75) is 58.8 Å². The molecule has 3 aromatic rings. The first-order valence-corrected chi connectivity index (χ1v) is 11.7. The standard InChI is InChI=1S/C28H33NO3/c1-3-5-6-7-8-9-10-22-11-13-24(14-12-22)28(30)32-26-19-20-27(29-21-26)23-15-17-25(18-16-23)31-4-2/h11-21H,3-10H2,1-2H3. The quantitative estimate of drug-likeness (QED) is 0.223. The van der Waals surface area contributed by atoms with E-state index in [-0.39, 0.29) is 5.97 Å². The molecule has 0 amide bonds. The Hall–Kier alpha value is -3.14. The van der Waals surface area contributed by atoms with Crippen molar-refractivity contribution in [2.24, 2.45) is 0 Å². The number of carbonyl (C=O) groups excluding carboxylic acids is 1. The number of unbranched alkanes of at least 4 members (excludes halogenated alkanes) is 5. The zero-order chi connectivity index (χ0) is 22.6. The highest BCUT2D eigenvalue weighted by Gasteiger charge is 2.09. The summed E-state index contributed by atoms with van der Waals surface area (Å²) in [6, 6.07) is 19.1. The number of aryl methyl sites for hydroxylation is 1. The second-order valence-corrected chi connectivity index (χ2v) is 7.94. The fraction of sp³-hybridized carbons (Fsp3) is 0.357. The van der Waals surface area contributed by atoms with Crippen LogP contribution in [-0.4, -0.2) is 17.6 Å². The topological polar surface area (TPSA) is 48.4 Å². The smallest absolute Gasteiger partial charge is 0.343 e. The average Bonchev–Trinajstić information content (AvgIpc) is 2.83. The number of benzene rings is 2. The molecule has 1 aromatic heterocycles. The molecular weight excluding hydrogens is 398 g/mol. The van der Waals surface area contributed by atoms with Crippen LogP contribution < -0.4 is 9.47 Å². The monoisotopic (exact) mass is 431 g/mol. The van der Waals surface area contributed by atoms with Gasteiger partial charge in [-0.2, -0.15) is 0 Å². The van der Waals surface area contributed by atoms with Crippen LogP contribution in [0.25, 0.3) is 11.3 Å². The Morgan fingerprint density at radius 3 is 2.12 bits per heavy atom. The van der Waals surface area contributed by atoms with Crippen LogP contribution in [0.1, 0.15) is 68.3 Å². The predicted molar refractivity (Wildman–Crippen MR) is 129 cm³/mol. The number of hydrogen-bond acceptors (Lipinski definition) is 4. The first-order chi connectivity index (χ1) is 15.7. The lowest BCUT2D eigenvalue weighted by Crippen LogP contribution is -2.08. The molecule has 4 nitrogen and oxygen atoms in total. The summed E-state index contributed by atoms with van der Waals surface area (Å²) >= 11 is 0. The summed E-state index contributed by atoms with van der Waals surface area (Å²) in [5, 5.41) is 0. The van der Waals surface area contributed by atoms with Crippen LogP contribution in [0.3, 0.4) is 0 Å². The summed E-state index contributed by atoms with van der Waals surface area (Å²) in [5.41, 5.74) is 3.60. The number of esters is 1. The summed E-state index contributed by atoms with van der Waals surface area (Å²) in [7, 11) is 0. The molecule has 0 unspecified atom stereocenters. The summed E-state index contributed by atoms with van der Waals surface area (Å²) in [5.74, 6) is 0.896. The molecule has 0 aliphatic heterocycles. The van der Waals surface area contributed by atoms with E-state index in [1.807, 2.05) is 61.5 Å². The van der Waals surface area contributed by atoms with Gasteiger partial charge in [-0.1, -0.05) is 51.2 Å². The minimum atomic E-state index is -0.369. The van der Waals surface area contributed by atoms with Gasteiger partial charge < -0.3 is 9.47 Å². The van der Waals surface area contributed by atoms with Gasteiger partial charge in [-0.05, 0) is 73.9 Å². The fourth-order valence-corrected chi connectivity index (χ4v) is 3.58. The molecule has 3 rings (SSSR count). The highest BCUT2D eigenvalue weighted by Crippen LogP contribution is 2.23. The van der Waals surface area contributed by atoms with E-state index in [0.717, 1.165) is 23.4 Å². The number of carbonyl (C=O) groups is 1. The maximum Gasteiger partial charge on any atom is 0.343 e. The Kier molecular flexibility index (Phi) is 9.30. The number of pyridine rings is 1. The molecule has 0 N–H and O–H groups in total. The lowest BCUT2D eigenvalue weighted by Gasteiger charge is -2.07. The van der Waals surface area contributed by atoms with E-state index in [1.54, 1.807) is 12.3 Å². The minimum Gasteiger partial charge on any atom is -0.494 e. The lowest BCUT2D eigenvalue weighted by molar-refractivity contribution is 0.0734. The summed E-state index contributed by atoms with van der Waals surface area (Å²) in [6.07, 6.45) is 10.3. The number of nitrogens with zero attached hydrogens (tertiary/aromatic N) is 1. The van der Waals surface area contributed by atoms with Crippen molar-refractivity contribution in [3.63, 3.8) is 0 Å². The van der Waals surface area contributed by atoms with Crippen molar-refractivity contribution >= 4 is 5.97 Å². The van der Waals surface area contributed by atoms with Crippen molar-refractivity contribution in [3.8, 4) is 22.8 Å². The summed E-state index contributed by atoms with van der Waals surface area (Å²) in [4.78, 5) is 16.9. The fourth-order valence-electron chi connectivity index (χ4n) is 3.58. The van der Waals surface area contributed by atoms with Gasteiger partial charge in [-0.25, -0.2) is 4.79 Å². The van der Waals surface area contributed by atoms with Crippen LogP contribution >= 0.6 is 0 Å². The SMILES string of the molecule is CCCCCCCCc1ccc(C(=O)Oc2ccc(-c3ccc(OCC)cc3)nc2)cc1. The van der Waals surface area contributed by atoms with Crippen molar-refractivity contribution in [2.75, 3.05) is 6.61 Å². The highest BCUT2D eigenvalue weighted by molar-refractivity contribution is 5.91. The van der Waals surface area contributed by atoms with Gasteiger partial charge >= 0.3 is 5.97 Å². The largest absolute Gasteiger partial charge is 0.494 e. The van der Waals surface area contributed by atoms with Gasteiger partial charge in [0.25, 0.3) is 0 Å². The van der Waals surface area contributed by atoms with E-state index in [0.29, 0.717) is 17.9 Å². The second kappa shape index (κ2) is 12.7. The van der Waals surface area contributed by atoms with Crippen LogP contribution in [0.4, 0.5) is 0 Å². The van der Waals surface area contributed by atoms with Crippen molar-refractivity contribution in [3.05, 3.63) is 78.0 Å². The Labute approximate surface area is 191 Å². The molecule has 0 radical (unpaired) electrons. The van der Waals surface area contributed by atoms with E-state index in [9.17, 15) is 4.79 Å². The molecular formula is C28H33NO3. The maximum atomic E-state index is 12.5. The Morgan fingerprint density at radius 2 is 1.47 bits per heavy atom. The molecule has 0 atom stereocenters. The maximum absolute atomic E-state index is 12.5. The molecule has 0 saturated heterocycles. The van der Waals surface area contributed by atoms with Crippen LogP contribution in [0.15, 0.2) is 66.9 Å². The van der Waals surface area contributed by atoms with Gasteiger partial charge in [0.2, 0.25) is 0 Å². The first-order valence-electron chi connectivity index (χ1n) is 11.7. The third-order valence-corrected chi connectivity index (χ3v) is 5.42. The van der Waals surface area contributed by atoms with Crippen LogP contribution in [0, 0.1) is 0 Å². The molecule has 0 fully saturated rings. The molecule has 2 aromatic carbocycles. The number of hydrogen-bond donors (Lipinski definition) is 0. The third kappa shape index (κ3) is 7.23. The Morgan fingerprint density at radius 1 is 0.781 bits per heavy atom. The van der Waals surface area contributed by atoms with Gasteiger partial charge in [-0.15, -0.1) is 0 Å². The zero-order valence-corrected chi connectivity index (χ0v) is 19.2. The second-order valence-electron chi connectivity index (χ2n) is 7.94. The van der Waals surface area contributed by atoms with Gasteiger partial charge in [0.1, 0.15) is 11.5 Å². The van der Waals surface area contributed by atoms with E-state index in [4.69, 9.17) is 9.47 Å². The summed E-state index contributed by atoms with van der Waals surface area (Å²) in [6.45, 7) is 4.83. The summed E-state index contributed by atoms with van der Waals surface area (Å²) < 4.78 is 11.0. The molecule has 0 saturated carbocycles. The number of ether oxygens (including phenoxy) is 2. The number of rotatable bonds is 12. The van der Waals surface area contributed by atoms with Gasteiger partial charge in [-0.3, -0.25) is 4.98 Å². The molecule has 0 spiro atoms. The zero-order valence-electron chi connectivity index (χ0n) is 19.2. The van der Waals surface area contributed by atoms with Crippen molar-refractivity contribution < 1.29 is 14.3 Å².